The molecule has 8 aliphatic heterocycles. The average molecular weight is 1370 g/mol. The SMILES string of the molecule is C=C(OC)N1CCCN(C(C)C)CC1.CC(=O)N1CCCN(C(C)C)CC1.CC(C)N1CCCCCC1.CC(C)N1CCCN(C(C)C)CC1.CC(C)N1CCCN(C)CC1.CC(C)N1CCC[C@@H](C(F)(F)F)C1.CC(C)N1CCC[C@H](C)C1.CCN1CCCN(C(C)C)CC1. The van der Waals surface area contributed by atoms with Gasteiger partial charge in [0.1, 0.15) is 0 Å². The van der Waals surface area contributed by atoms with E-state index in [-0.39, 0.29) is 18.5 Å². The van der Waals surface area contributed by atoms with Crippen molar-refractivity contribution in [1.82, 2.24) is 63.7 Å². The first-order chi connectivity index (χ1) is 45.2. The van der Waals surface area contributed by atoms with E-state index in [2.05, 4.69) is 192 Å². The van der Waals surface area contributed by atoms with Crippen molar-refractivity contribution < 1.29 is 22.7 Å². The second-order valence-electron chi connectivity index (χ2n) is 31.7. The maximum Gasteiger partial charge on any atom is 0.393 e. The van der Waals surface area contributed by atoms with Crippen LogP contribution in [0.25, 0.3) is 0 Å². The molecular weight excluding hydrogens is 1210 g/mol. The van der Waals surface area contributed by atoms with E-state index in [0.29, 0.717) is 37.0 Å². The monoisotopic (exact) mass is 1370 g/mol. The number of hydrogen-bond acceptors (Lipinski definition) is 14. The van der Waals surface area contributed by atoms with Crippen LogP contribution in [0.3, 0.4) is 0 Å². The van der Waals surface area contributed by atoms with Gasteiger partial charge in [-0.3, -0.25) is 34.2 Å². The number of hydrogen-bond donors (Lipinski definition) is 0. The first-order valence-corrected chi connectivity index (χ1v) is 39.6. The van der Waals surface area contributed by atoms with E-state index in [4.69, 9.17) is 4.74 Å². The molecule has 8 heterocycles. The van der Waals surface area contributed by atoms with Gasteiger partial charge in [0.25, 0.3) is 0 Å². The molecule has 0 radical (unpaired) electrons. The van der Waals surface area contributed by atoms with Crippen LogP contribution in [0.1, 0.15) is 229 Å². The minimum atomic E-state index is -4.01. The minimum absolute atomic E-state index is 0.182. The standard InChI is InChI=1S/C11H22N2O.C11H24N2.C10H20N2O.C10H22N2.C9H16F3N.C9H20N2.2C9H19N/c1-10(2)12-6-5-7-13(9-8-12)11(3)14-4;1-10(2)12-6-5-7-13(9-8-12)11(3)4;1-9(2)11-5-4-6-12(8-7-11)10(3)13;1-4-11-6-5-7-12(9-8-11)10(2)3;1-7(2)13-5-3-4-8(6-13)9(10,11)12;1-9(2)11-6-4-5-10(3)7-8-11;1-8(2)10-6-4-5-9(3)7-10;1-9(2)10-7-5-3-4-6-8-10/h10H,3,5-9H2,1-2,4H3;10-11H,5-9H2,1-4H3;9H,4-8H2,1-3H3;10H,4-9H2,1-3H3;7-8H,3-6H2,1-2H3;9H,4-8H2,1-3H3;8-9H,4-7H2,1-3H3;9H,3-8H2,1-2H3/t;;;;8-;;9-;/m....1.0./s1. The van der Waals surface area contributed by atoms with E-state index in [1.165, 1.54) is 182 Å². The van der Waals surface area contributed by atoms with Gasteiger partial charge < -0.3 is 39.0 Å². The summed E-state index contributed by atoms with van der Waals surface area (Å²) in [6.07, 6.45) is 11.8. The first-order valence-electron chi connectivity index (χ1n) is 39.6. The van der Waals surface area contributed by atoms with Crippen LogP contribution < -0.4 is 0 Å². The van der Waals surface area contributed by atoms with E-state index in [0.717, 1.165) is 94.7 Å². The number of carbonyl (C=O) groups is 1. The molecule has 0 unspecified atom stereocenters. The predicted octanol–water partition coefficient (Wildman–Crippen LogP) is 13.8. The van der Waals surface area contributed by atoms with Crippen molar-refractivity contribution in [2.75, 3.05) is 191 Å². The molecule has 0 spiro atoms. The van der Waals surface area contributed by atoms with Crippen LogP contribution in [-0.4, -0.2) is 321 Å². The first kappa shape index (κ1) is 92.2. The summed E-state index contributed by atoms with van der Waals surface area (Å²) in [5, 5.41) is 0. The number of ether oxygens (including phenoxy) is 1. The van der Waals surface area contributed by atoms with Crippen LogP contribution in [0, 0.1) is 11.8 Å². The van der Waals surface area contributed by atoms with Gasteiger partial charge in [0.15, 0.2) is 5.88 Å². The lowest BCUT2D eigenvalue weighted by molar-refractivity contribution is -0.188. The van der Waals surface area contributed by atoms with Crippen molar-refractivity contribution in [1.29, 1.82) is 0 Å². The number of likely N-dealkylation sites (tertiary alicyclic amines) is 3. The lowest BCUT2D eigenvalue weighted by atomic mass is 9.96. The van der Waals surface area contributed by atoms with Gasteiger partial charge in [-0.15, -0.1) is 0 Å². The third-order valence-corrected chi connectivity index (χ3v) is 21.3. The molecule has 0 N–H and O–H groups in total. The van der Waals surface area contributed by atoms with Crippen molar-refractivity contribution in [3.8, 4) is 0 Å². The Bertz CT molecular complexity index is 1860. The predicted molar refractivity (Wildman–Crippen MR) is 409 cm³/mol. The number of likely N-dealkylation sites (N-methyl/N-ethyl adjacent to an activating group) is 2. The second-order valence-corrected chi connectivity index (χ2v) is 31.7. The summed E-state index contributed by atoms with van der Waals surface area (Å²) in [5.41, 5.74) is 0. The number of amides is 1. The van der Waals surface area contributed by atoms with Crippen molar-refractivity contribution in [2.24, 2.45) is 11.8 Å². The van der Waals surface area contributed by atoms with Crippen LogP contribution in [0.4, 0.5) is 13.2 Å². The summed E-state index contributed by atoms with van der Waals surface area (Å²) >= 11 is 0. The van der Waals surface area contributed by atoms with E-state index in [9.17, 15) is 18.0 Å². The van der Waals surface area contributed by atoms with Crippen molar-refractivity contribution in [3.05, 3.63) is 12.5 Å². The number of halogens is 3. The van der Waals surface area contributed by atoms with E-state index < -0.39 is 12.1 Å². The normalized spacial score (nSPS) is 23.4. The maximum absolute atomic E-state index is 12.4. The molecule has 0 saturated carbocycles. The minimum Gasteiger partial charge on any atom is -0.483 e. The van der Waals surface area contributed by atoms with Crippen molar-refractivity contribution in [2.45, 2.75) is 289 Å². The number of piperidine rings is 2. The van der Waals surface area contributed by atoms with Gasteiger partial charge in [-0.25, -0.2) is 0 Å². The zero-order valence-corrected chi connectivity index (χ0v) is 67.6. The molecule has 8 rings (SSSR count). The second kappa shape index (κ2) is 52.2. The van der Waals surface area contributed by atoms with Crippen LogP contribution in [0.2, 0.25) is 0 Å². The molecular formula is C78H162F3N13O2. The third kappa shape index (κ3) is 41.3. The third-order valence-electron chi connectivity index (χ3n) is 21.3. The van der Waals surface area contributed by atoms with E-state index in [1.807, 2.05) is 23.6 Å². The van der Waals surface area contributed by atoms with E-state index in [1.54, 1.807) is 14.0 Å². The highest BCUT2D eigenvalue weighted by Gasteiger charge is 2.42. The zero-order valence-electron chi connectivity index (χ0n) is 67.6. The fourth-order valence-electron chi connectivity index (χ4n) is 14.0. The van der Waals surface area contributed by atoms with Crippen LogP contribution >= 0.6 is 0 Å². The molecule has 1 amide bonds. The Kier molecular flexibility index (Phi) is 50.1. The molecule has 0 aromatic rings. The quantitative estimate of drug-likeness (QED) is 0.174. The van der Waals surface area contributed by atoms with Crippen LogP contribution in [-0.2, 0) is 9.53 Å². The summed E-state index contributed by atoms with van der Waals surface area (Å²) in [6, 6.07) is 5.87. The summed E-state index contributed by atoms with van der Waals surface area (Å²) in [6.45, 7) is 81.5. The van der Waals surface area contributed by atoms with Crippen LogP contribution in [0.5, 0.6) is 0 Å². The van der Waals surface area contributed by atoms with Gasteiger partial charge in [-0.05, 0) is 287 Å². The Balaban J connectivity index is 0.000000550. The highest BCUT2D eigenvalue weighted by molar-refractivity contribution is 5.73. The Hall–Kier alpha value is -1.84. The summed E-state index contributed by atoms with van der Waals surface area (Å²) in [7, 11) is 3.90. The Morgan fingerprint density at radius 3 is 1.07 bits per heavy atom. The highest BCUT2D eigenvalue weighted by atomic mass is 19.4. The molecule has 18 heteroatoms. The number of carbonyl (C=O) groups excluding carboxylic acids is 1. The largest absolute Gasteiger partial charge is 0.483 e. The number of rotatable bonds is 12. The number of nitrogens with zero attached hydrogens (tertiary/aromatic N) is 13. The molecule has 0 bridgehead atoms. The molecule has 8 fully saturated rings. The molecule has 2 atom stereocenters. The molecule has 96 heavy (non-hydrogen) atoms. The molecule has 572 valence electrons. The number of alkyl halides is 3. The Morgan fingerprint density at radius 2 is 0.698 bits per heavy atom. The van der Waals surface area contributed by atoms with Crippen molar-refractivity contribution >= 4 is 5.91 Å². The van der Waals surface area contributed by atoms with Crippen LogP contribution in [0.15, 0.2) is 12.5 Å². The van der Waals surface area contributed by atoms with Crippen molar-refractivity contribution in [3.63, 3.8) is 0 Å². The molecule has 15 nitrogen and oxygen atoms in total. The Labute approximate surface area is 594 Å². The Morgan fingerprint density at radius 1 is 0.385 bits per heavy atom. The molecule has 8 aliphatic rings. The molecule has 8 saturated heterocycles. The number of methoxy groups -OCH3 is 1. The highest BCUT2D eigenvalue weighted by Crippen LogP contribution is 2.33. The topological polar surface area (TPSA) is 68.4 Å². The molecule has 0 aromatic carbocycles. The lowest BCUT2D eigenvalue weighted by Gasteiger charge is -2.36. The maximum atomic E-state index is 12.4. The summed E-state index contributed by atoms with van der Waals surface area (Å²) in [4.78, 5) is 42.6. The zero-order chi connectivity index (χ0) is 72.5. The smallest absolute Gasteiger partial charge is 0.393 e. The molecule has 0 aromatic heterocycles. The lowest BCUT2D eigenvalue weighted by Crippen LogP contribution is -2.44. The molecule has 0 aliphatic carbocycles. The fourth-order valence-corrected chi connectivity index (χ4v) is 14.0. The van der Waals surface area contributed by atoms with Gasteiger partial charge in [0.05, 0.1) is 13.0 Å². The fraction of sp³-hybridized carbons (Fsp3) is 0.962. The summed E-state index contributed by atoms with van der Waals surface area (Å²) in [5.74, 6) is 0.834. The van der Waals surface area contributed by atoms with Gasteiger partial charge >= 0.3 is 6.18 Å². The van der Waals surface area contributed by atoms with Gasteiger partial charge in [-0.1, -0.05) is 26.7 Å². The summed E-state index contributed by atoms with van der Waals surface area (Å²) < 4.78 is 42.2. The van der Waals surface area contributed by atoms with Gasteiger partial charge in [0, 0.05) is 166 Å². The van der Waals surface area contributed by atoms with Gasteiger partial charge in [0.2, 0.25) is 5.91 Å². The van der Waals surface area contributed by atoms with Gasteiger partial charge in [-0.2, -0.15) is 13.2 Å². The van der Waals surface area contributed by atoms with E-state index >= 15 is 0 Å². The average Bonchev–Trinajstić information content (AvgIpc) is 1.27.